The quantitative estimate of drug-likeness (QED) is 0.406. The van der Waals surface area contributed by atoms with Crippen LogP contribution < -0.4 is 16.6 Å². The first-order chi connectivity index (χ1) is 8.85. The molecule has 0 radical (unpaired) electrons. The van der Waals surface area contributed by atoms with Crippen molar-refractivity contribution in [3.05, 3.63) is 24.3 Å². The largest absolute Gasteiger partial charge is 0.380 e. The molecule has 18 heavy (non-hydrogen) atoms. The second-order valence-corrected chi connectivity index (χ2v) is 3.68. The minimum absolute atomic E-state index is 0.396. The monoisotopic (exact) mass is 247 g/mol. The zero-order valence-electron chi connectivity index (χ0n) is 10.3. The molecule has 0 fully saturated rings. The predicted molar refractivity (Wildman–Crippen MR) is 72.3 cm³/mol. The fourth-order valence-electron chi connectivity index (χ4n) is 1.66. The van der Waals surface area contributed by atoms with E-state index in [1.165, 1.54) is 0 Å². The van der Waals surface area contributed by atoms with E-state index in [0.717, 1.165) is 16.7 Å². The number of nitrogens with zero attached hydrogens (tertiary/aromatic N) is 2. The van der Waals surface area contributed by atoms with E-state index in [9.17, 15) is 0 Å². The molecule has 1 aromatic heterocycles. The molecule has 0 saturated carbocycles. The first-order valence-corrected chi connectivity index (χ1v) is 5.90. The number of benzene rings is 1. The molecular formula is C12H17N5O. The number of hydrogen-bond acceptors (Lipinski definition) is 6. The summed E-state index contributed by atoms with van der Waals surface area (Å²) >= 11 is 0. The Balaban J connectivity index is 2.23. The Labute approximate surface area is 106 Å². The van der Waals surface area contributed by atoms with Gasteiger partial charge in [-0.2, -0.15) is 4.98 Å². The van der Waals surface area contributed by atoms with E-state index in [-0.39, 0.29) is 0 Å². The van der Waals surface area contributed by atoms with Gasteiger partial charge in [0.2, 0.25) is 5.95 Å². The van der Waals surface area contributed by atoms with Gasteiger partial charge in [0.15, 0.2) is 0 Å². The molecule has 2 rings (SSSR count). The second kappa shape index (κ2) is 6.13. The molecule has 0 aliphatic carbocycles. The van der Waals surface area contributed by atoms with Crippen molar-refractivity contribution in [2.75, 3.05) is 30.5 Å². The lowest BCUT2D eigenvalue weighted by atomic mass is 10.2. The molecule has 0 spiro atoms. The Bertz CT molecular complexity index is 517. The summed E-state index contributed by atoms with van der Waals surface area (Å²) < 4.78 is 5.28. The summed E-state index contributed by atoms with van der Waals surface area (Å²) in [5.41, 5.74) is 3.31. The molecule has 0 aliphatic rings. The van der Waals surface area contributed by atoms with Gasteiger partial charge < -0.3 is 10.1 Å². The smallest absolute Gasteiger partial charge is 0.239 e. The summed E-state index contributed by atoms with van der Waals surface area (Å²) in [4.78, 5) is 8.58. The highest BCUT2D eigenvalue weighted by molar-refractivity contribution is 5.89. The Morgan fingerprint density at radius 2 is 2.11 bits per heavy atom. The van der Waals surface area contributed by atoms with Crippen LogP contribution in [0.25, 0.3) is 10.9 Å². The maximum atomic E-state index is 5.36. The van der Waals surface area contributed by atoms with Gasteiger partial charge in [-0.25, -0.2) is 10.8 Å². The minimum atomic E-state index is 0.396. The van der Waals surface area contributed by atoms with Gasteiger partial charge >= 0.3 is 0 Å². The van der Waals surface area contributed by atoms with Crippen LogP contribution in [0.4, 0.5) is 11.8 Å². The first kappa shape index (κ1) is 12.5. The molecule has 6 nitrogen and oxygen atoms in total. The number of ether oxygens (including phenoxy) is 1. The van der Waals surface area contributed by atoms with Gasteiger partial charge in [0.25, 0.3) is 0 Å². The molecule has 2 aromatic rings. The van der Waals surface area contributed by atoms with Crippen LogP contribution in [0.1, 0.15) is 6.92 Å². The highest BCUT2D eigenvalue weighted by Gasteiger charge is 2.05. The van der Waals surface area contributed by atoms with Crippen molar-refractivity contribution in [1.82, 2.24) is 9.97 Å². The SMILES string of the molecule is CCOCCNc1nc(NN)nc2ccccc12. The third kappa shape index (κ3) is 2.85. The Hall–Kier alpha value is -1.92. The molecule has 6 heteroatoms. The fraction of sp³-hybridized carbons (Fsp3) is 0.333. The van der Waals surface area contributed by atoms with E-state index in [0.29, 0.717) is 25.7 Å². The molecule has 0 bridgehead atoms. The van der Waals surface area contributed by atoms with E-state index in [1.807, 2.05) is 31.2 Å². The number of hydrazine groups is 1. The number of nitrogens with two attached hydrogens (primary N) is 1. The first-order valence-electron chi connectivity index (χ1n) is 5.90. The Morgan fingerprint density at radius 1 is 1.28 bits per heavy atom. The van der Waals surface area contributed by atoms with E-state index in [2.05, 4.69) is 20.7 Å². The highest BCUT2D eigenvalue weighted by Crippen LogP contribution is 2.21. The average Bonchev–Trinajstić information content (AvgIpc) is 2.43. The third-order valence-electron chi connectivity index (χ3n) is 2.48. The van der Waals surface area contributed by atoms with Gasteiger partial charge in [-0.1, -0.05) is 12.1 Å². The summed E-state index contributed by atoms with van der Waals surface area (Å²) in [7, 11) is 0. The molecule has 96 valence electrons. The average molecular weight is 247 g/mol. The molecule has 0 atom stereocenters. The summed E-state index contributed by atoms with van der Waals surface area (Å²) in [5, 5.41) is 4.19. The van der Waals surface area contributed by atoms with E-state index >= 15 is 0 Å². The Kier molecular flexibility index (Phi) is 4.27. The van der Waals surface area contributed by atoms with Gasteiger partial charge in [0.1, 0.15) is 5.82 Å². The highest BCUT2D eigenvalue weighted by atomic mass is 16.5. The normalized spacial score (nSPS) is 10.6. The summed E-state index contributed by atoms with van der Waals surface area (Å²) in [6.07, 6.45) is 0. The molecule has 0 unspecified atom stereocenters. The number of aromatic nitrogens is 2. The molecular weight excluding hydrogens is 230 g/mol. The number of hydrogen-bond donors (Lipinski definition) is 3. The van der Waals surface area contributed by atoms with Crippen LogP contribution in [-0.4, -0.2) is 29.7 Å². The zero-order valence-corrected chi connectivity index (χ0v) is 10.3. The second-order valence-electron chi connectivity index (χ2n) is 3.68. The molecule has 4 N–H and O–H groups in total. The third-order valence-corrected chi connectivity index (χ3v) is 2.48. The standard InChI is InChI=1S/C12H17N5O/c1-2-18-8-7-14-11-9-5-3-4-6-10(9)15-12(16-11)17-13/h3-6H,2,7-8,13H2,1H3,(H2,14,15,16,17). The van der Waals surface area contributed by atoms with E-state index in [4.69, 9.17) is 10.6 Å². The number of nitrogen functional groups attached to an aromatic ring is 1. The van der Waals surface area contributed by atoms with Gasteiger partial charge in [-0.3, -0.25) is 5.43 Å². The summed E-state index contributed by atoms with van der Waals surface area (Å²) in [5.74, 6) is 6.51. The van der Waals surface area contributed by atoms with E-state index in [1.54, 1.807) is 0 Å². The van der Waals surface area contributed by atoms with Crippen molar-refractivity contribution < 1.29 is 4.74 Å². The maximum absolute atomic E-state index is 5.36. The van der Waals surface area contributed by atoms with Crippen LogP contribution in [0.15, 0.2) is 24.3 Å². The molecule has 0 saturated heterocycles. The van der Waals surface area contributed by atoms with Gasteiger partial charge in [0, 0.05) is 18.5 Å². The van der Waals surface area contributed by atoms with Crippen molar-refractivity contribution in [2.45, 2.75) is 6.92 Å². The molecule has 0 aliphatic heterocycles. The fourth-order valence-corrected chi connectivity index (χ4v) is 1.66. The van der Waals surface area contributed by atoms with Crippen molar-refractivity contribution in [3.63, 3.8) is 0 Å². The van der Waals surface area contributed by atoms with E-state index < -0.39 is 0 Å². The lowest BCUT2D eigenvalue weighted by Gasteiger charge is -2.10. The summed E-state index contributed by atoms with van der Waals surface area (Å²) in [6.45, 7) is 4.01. The number of anilines is 2. The number of rotatable bonds is 6. The van der Waals surface area contributed by atoms with Crippen LogP contribution in [0.2, 0.25) is 0 Å². The zero-order chi connectivity index (χ0) is 12.8. The van der Waals surface area contributed by atoms with Crippen LogP contribution in [0.3, 0.4) is 0 Å². The van der Waals surface area contributed by atoms with Crippen molar-refractivity contribution in [2.24, 2.45) is 5.84 Å². The molecule has 1 heterocycles. The lowest BCUT2D eigenvalue weighted by Crippen LogP contribution is -2.14. The minimum Gasteiger partial charge on any atom is -0.380 e. The van der Waals surface area contributed by atoms with Crippen molar-refractivity contribution in [1.29, 1.82) is 0 Å². The van der Waals surface area contributed by atoms with Crippen LogP contribution in [0, 0.1) is 0 Å². The Morgan fingerprint density at radius 3 is 2.89 bits per heavy atom. The number of fused-ring (bicyclic) bond motifs is 1. The van der Waals surface area contributed by atoms with Gasteiger partial charge in [-0.15, -0.1) is 0 Å². The molecule has 1 aromatic carbocycles. The maximum Gasteiger partial charge on any atom is 0.239 e. The van der Waals surface area contributed by atoms with Crippen LogP contribution in [0.5, 0.6) is 0 Å². The summed E-state index contributed by atoms with van der Waals surface area (Å²) in [6, 6.07) is 7.78. The van der Waals surface area contributed by atoms with Gasteiger partial charge in [0.05, 0.1) is 12.1 Å². The van der Waals surface area contributed by atoms with Crippen molar-refractivity contribution >= 4 is 22.7 Å². The molecule has 0 amide bonds. The number of nitrogens with one attached hydrogen (secondary N) is 2. The van der Waals surface area contributed by atoms with Gasteiger partial charge in [-0.05, 0) is 19.1 Å². The number of para-hydroxylation sites is 1. The van der Waals surface area contributed by atoms with Crippen molar-refractivity contribution in [3.8, 4) is 0 Å². The lowest BCUT2D eigenvalue weighted by molar-refractivity contribution is 0.158. The predicted octanol–water partition coefficient (Wildman–Crippen LogP) is 1.36. The van der Waals surface area contributed by atoms with Crippen LogP contribution in [-0.2, 0) is 4.74 Å². The van der Waals surface area contributed by atoms with Crippen LogP contribution >= 0.6 is 0 Å². The topological polar surface area (TPSA) is 85.1 Å².